The molecule has 1 saturated carbocycles. The van der Waals surface area contributed by atoms with Gasteiger partial charge in [0.05, 0.1) is 9.77 Å². The summed E-state index contributed by atoms with van der Waals surface area (Å²) < 4.78 is 27.1. The Morgan fingerprint density at radius 2 is 1.80 bits per heavy atom. The third-order valence-electron chi connectivity index (χ3n) is 4.62. The average molecular weight is 379 g/mol. The molecule has 134 valence electrons. The number of thiophene rings is 1. The zero-order valence-electron chi connectivity index (χ0n) is 14.1. The molecule has 1 aliphatic rings. The largest absolute Gasteiger partial charge is 0.321 e. The molecule has 7 heteroatoms. The van der Waals surface area contributed by atoms with E-state index in [4.69, 9.17) is 0 Å². The van der Waals surface area contributed by atoms with Crippen LogP contribution in [0.5, 0.6) is 0 Å². The second-order valence-corrected chi connectivity index (χ2v) is 9.21. The van der Waals surface area contributed by atoms with E-state index in [1.165, 1.54) is 22.1 Å². The number of sulfonamides is 1. The van der Waals surface area contributed by atoms with Crippen molar-refractivity contribution in [3.05, 3.63) is 46.7 Å². The van der Waals surface area contributed by atoms with Gasteiger partial charge in [-0.1, -0.05) is 25.3 Å². The van der Waals surface area contributed by atoms with E-state index in [-0.39, 0.29) is 16.8 Å². The van der Waals surface area contributed by atoms with Crippen LogP contribution in [0.3, 0.4) is 0 Å². The van der Waals surface area contributed by atoms with Crippen LogP contribution in [0.2, 0.25) is 0 Å². The van der Waals surface area contributed by atoms with E-state index in [2.05, 4.69) is 5.32 Å². The molecule has 5 nitrogen and oxygen atoms in total. The van der Waals surface area contributed by atoms with Gasteiger partial charge in [-0.15, -0.1) is 11.3 Å². The molecule has 0 bridgehead atoms. The van der Waals surface area contributed by atoms with Crippen LogP contribution in [0.4, 0.5) is 5.69 Å². The SMILES string of the molecule is CN(C1CCCCC1)S(=O)(=O)c1ccc(NC(=O)c2cccs2)cc1. The maximum Gasteiger partial charge on any atom is 0.265 e. The summed E-state index contributed by atoms with van der Waals surface area (Å²) in [5.74, 6) is -0.190. The molecule has 0 saturated heterocycles. The van der Waals surface area contributed by atoms with E-state index >= 15 is 0 Å². The summed E-state index contributed by atoms with van der Waals surface area (Å²) in [6, 6.07) is 10.0. The number of benzene rings is 1. The standard InChI is InChI=1S/C18H22N2O3S2/c1-20(15-6-3-2-4-7-15)25(22,23)16-11-9-14(10-12-16)19-18(21)17-8-5-13-24-17/h5,8-13,15H,2-4,6-7H2,1H3,(H,19,21). The van der Waals surface area contributed by atoms with Gasteiger partial charge in [-0.3, -0.25) is 4.79 Å². The summed E-state index contributed by atoms with van der Waals surface area (Å²) >= 11 is 1.36. The summed E-state index contributed by atoms with van der Waals surface area (Å²) in [6.07, 6.45) is 5.19. The fourth-order valence-electron chi connectivity index (χ4n) is 3.12. The smallest absolute Gasteiger partial charge is 0.265 e. The van der Waals surface area contributed by atoms with Crippen molar-refractivity contribution >= 4 is 33.0 Å². The maximum atomic E-state index is 12.8. The third kappa shape index (κ3) is 4.11. The molecule has 3 rings (SSSR count). The molecule has 1 amide bonds. The minimum Gasteiger partial charge on any atom is -0.321 e. The molecule has 1 N–H and O–H groups in total. The molecule has 0 spiro atoms. The fraction of sp³-hybridized carbons (Fsp3) is 0.389. The molecule has 2 aromatic rings. The highest BCUT2D eigenvalue weighted by Crippen LogP contribution is 2.27. The van der Waals surface area contributed by atoms with Crippen molar-refractivity contribution < 1.29 is 13.2 Å². The number of anilines is 1. The Balaban J connectivity index is 1.71. The molecular weight excluding hydrogens is 356 g/mol. The number of hydrogen-bond acceptors (Lipinski definition) is 4. The number of carbonyl (C=O) groups excluding carboxylic acids is 1. The molecule has 1 aromatic heterocycles. The highest BCUT2D eigenvalue weighted by atomic mass is 32.2. The minimum absolute atomic E-state index is 0.0805. The first-order valence-corrected chi connectivity index (χ1v) is 10.7. The van der Waals surface area contributed by atoms with Gasteiger partial charge in [0.1, 0.15) is 0 Å². The van der Waals surface area contributed by atoms with Gasteiger partial charge in [0, 0.05) is 18.8 Å². The van der Waals surface area contributed by atoms with Gasteiger partial charge in [-0.05, 0) is 48.6 Å². The van der Waals surface area contributed by atoms with Gasteiger partial charge < -0.3 is 5.32 Å². The number of nitrogens with zero attached hydrogens (tertiary/aromatic N) is 1. The Hall–Kier alpha value is -1.70. The summed E-state index contributed by atoms with van der Waals surface area (Å²) in [6.45, 7) is 0. The van der Waals surface area contributed by atoms with Gasteiger partial charge in [-0.25, -0.2) is 8.42 Å². The number of carbonyl (C=O) groups is 1. The van der Waals surface area contributed by atoms with Crippen molar-refractivity contribution in [1.82, 2.24) is 4.31 Å². The van der Waals surface area contributed by atoms with Gasteiger partial charge in [0.15, 0.2) is 0 Å². The Bertz CT molecular complexity index is 809. The molecule has 1 aromatic carbocycles. The number of amides is 1. The maximum absolute atomic E-state index is 12.8. The average Bonchev–Trinajstić information content (AvgIpc) is 3.17. The Kier molecular flexibility index (Phi) is 5.56. The van der Waals surface area contributed by atoms with Crippen LogP contribution in [0.1, 0.15) is 41.8 Å². The van der Waals surface area contributed by atoms with E-state index < -0.39 is 10.0 Å². The first kappa shape index (κ1) is 18.1. The Labute approximate surface area is 152 Å². The molecule has 1 fully saturated rings. The number of hydrogen-bond donors (Lipinski definition) is 1. The van der Waals surface area contributed by atoms with E-state index in [1.54, 1.807) is 37.4 Å². The monoisotopic (exact) mass is 378 g/mol. The van der Waals surface area contributed by atoms with Crippen LogP contribution in [0.15, 0.2) is 46.7 Å². The second-order valence-electron chi connectivity index (χ2n) is 6.27. The zero-order chi connectivity index (χ0) is 17.9. The number of nitrogens with one attached hydrogen (secondary N) is 1. The number of rotatable bonds is 5. The summed E-state index contributed by atoms with van der Waals surface area (Å²) in [5.41, 5.74) is 0.581. The minimum atomic E-state index is -3.50. The summed E-state index contributed by atoms with van der Waals surface area (Å²) in [7, 11) is -1.84. The lowest BCUT2D eigenvalue weighted by atomic mass is 9.96. The predicted octanol–water partition coefficient (Wildman–Crippen LogP) is 3.95. The first-order chi connectivity index (χ1) is 12.0. The fourth-order valence-corrected chi connectivity index (χ4v) is 5.15. The van der Waals surface area contributed by atoms with Crippen molar-refractivity contribution in [2.75, 3.05) is 12.4 Å². The third-order valence-corrected chi connectivity index (χ3v) is 7.42. The van der Waals surface area contributed by atoms with Crippen molar-refractivity contribution in [2.45, 2.75) is 43.0 Å². The lowest BCUT2D eigenvalue weighted by Crippen LogP contribution is -2.38. The molecule has 25 heavy (non-hydrogen) atoms. The van der Waals surface area contributed by atoms with E-state index in [9.17, 15) is 13.2 Å². The molecule has 0 atom stereocenters. The lowest BCUT2D eigenvalue weighted by Gasteiger charge is -2.30. The van der Waals surface area contributed by atoms with Crippen LogP contribution < -0.4 is 5.32 Å². The second kappa shape index (κ2) is 7.68. The molecule has 0 aliphatic heterocycles. The van der Waals surface area contributed by atoms with Crippen molar-refractivity contribution in [3.63, 3.8) is 0 Å². The highest BCUT2D eigenvalue weighted by molar-refractivity contribution is 7.89. The summed E-state index contributed by atoms with van der Waals surface area (Å²) in [4.78, 5) is 12.9. The Morgan fingerprint density at radius 3 is 2.40 bits per heavy atom. The molecule has 1 aliphatic carbocycles. The van der Waals surface area contributed by atoms with Crippen LogP contribution in [0, 0.1) is 0 Å². The van der Waals surface area contributed by atoms with Gasteiger partial charge in [0.25, 0.3) is 5.91 Å². The van der Waals surface area contributed by atoms with Crippen molar-refractivity contribution in [3.8, 4) is 0 Å². The zero-order valence-corrected chi connectivity index (χ0v) is 15.8. The van der Waals surface area contributed by atoms with E-state index in [0.717, 1.165) is 25.7 Å². The van der Waals surface area contributed by atoms with Crippen molar-refractivity contribution in [1.29, 1.82) is 0 Å². The quantitative estimate of drug-likeness (QED) is 0.856. The molecule has 1 heterocycles. The topological polar surface area (TPSA) is 66.5 Å². The Morgan fingerprint density at radius 1 is 1.12 bits per heavy atom. The van der Waals surface area contributed by atoms with Crippen LogP contribution in [0.25, 0.3) is 0 Å². The molecule has 0 unspecified atom stereocenters. The first-order valence-electron chi connectivity index (χ1n) is 8.41. The van der Waals surface area contributed by atoms with Crippen LogP contribution in [-0.4, -0.2) is 31.7 Å². The molecular formula is C18H22N2O3S2. The van der Waals surface area contributed by atoms with Crippen molar-refractivity contribution in [2.24, 2.45) is 0 Å². The predicted molar refractivity (Wildman–Crippen MR) is 101 cm³/mol. The van der Waals surface area contributed by atoms with E-state index in [1.807, 2.05) is 11.4 Å². The highest BCUT2D eigenvalue weighted by Gasteiger charge is 2.28. The van der Waals surface area contributed by atoms with Crippen LogP contribution in [-0.2, 0) is 10.0 Å². The van der Waals surface area contributed by atoms with Crippen LogP contribution >= 0.6 is 11.3 Å². The lowest BCUT2D eigenvalue weighted by molar-refractivity contribution is 0.103. The van der Waals surface area contributed by atoms with E-state index in [0.29, 0.717) is 10.6 Å². The van der Waals surface area contributed by atoms with Gasteiger partial charge in [-0.2, -0.15) is 4.31 Å². The molecule has 0 radical (unpaired) electrons. The van der Waals surface area contributed by atoms with Gasteiger partial charge in [0.2, 0.25) is 10.0 Å². The normalized spacial score (nSPS) is 16.1. The summed E-state index contributed by atoms with van der Waals surface area (Å²) in [5, 5.41) is 4.62. The van der Waals surface area contributed by atoms with Gasteiger partial charge >= 0.3 is 0 Å².